The third-order valence-electron chi connectivity index (χ3n) is 5.17. The molecule has 0 radical (unpaired) electrons. The van der Waals surface area contributed by atoms with Gasteiger partial charge in [-0.1, -0.05) is 36.4 Å². The Morgan fingerprint density at radius 3 is 1.24 bits per heavy atom. The fourth-order valence-corrected chi connectivity index (χ4v) is 3.15. The molecule has 0 amide bonds. The summed E-state index contributed by atoms with van der Waals surface area (Å²) in [5, 5.41) is 20.0. The van der Waals surface area contributed by atoms with Gasteiger partial charge in [-0.25, -0.2) is 0 Å². The minimum atomic E-state index is -4.89. The van der Waals surface area contributed by atoms with Crippen LogP contribution in [0.15, 0.2) is 36.4 Å². The molecule has 2 aromatic rings. The molecule has 2 nitrogen and oxygen atoms in total. The zero-order valence-electron chi connectivity index (χ0n) is 16.3. The van der Waals surface area contributed by atoms with Crippen molar-refractivity contribution in [3.8, 4) is 0 Å². The van der Waals surface area contributed by atoms with Gasteiger partial charge < -0.3 is 10.2 Å². The van der Waals surface area contributed by atoms with Gasteiger partial charge in [0.05, 0.1) is 0 Å². The van der Waals surface area contributed by atoms with Crippen LogP contribution in [0, 0.1) is 13.8 Å². The maximum absolute atomic E-state index is 13.2. The maximum atomic E-state index is 13.2. The molecule has 2 rings (SSSR count). The van der Waals surface area contributed by atoms with Gasteiger partial charge in [0.1, 0.15) is 0 Å². The average Bonchev–Trinajstić information content (AvgIpc) is 2.56. The molecule has 0 saturated heterocycles. The molecule has 0 spiro atoms. The lowest BCUT2D eigenvalue weighted by molar-refractivity contribution is -0.259. The summed E-state index contributed by atoms with van der Waals surface area (Å²) in [7, 11) is 0. The van der Waals surface area contributed by atoms with Crippen molar-refractivity contribution in [3.63, 3.8) is 0 Å². The zero-order valence-corrected chi connectivity index (χ0v) is 16.3. The lowest BCUT2D eigenvalue weighted by Gasteiger charge is -2.29. The van der Waals surface area contributed by atoms with E-state index in [1.165, 1.54) is 38.1 Å². The highest BCUT2D eigenvalue weighted by Gasteiger charge is 2.52. The first-order valence-electron chi connectivity index (χ1n) is 8.76. The molecule has 2 N–H and O–H groups in total. The van der Waals surface area contributed by atoms with Crippen molar-refractivity contribution < 1.29 is 36.6 Å². The van der Waals surface area contributed by atoms with Crippen molar-refractivity contribution in [2.45, 2.75) is 57.7 Å². The summed E-state index contributed by atoms with van der Waals surface area (Å²) < 4.78 is 79.3. The molecule has 0 aliphatic rings. The van der Waals surface area contributed by atoms with Crippen LogP contribution in [0.2, 0.25) is 0 Å². The Balaban J connectivity index is 2.47. The highest BCUT2D eigenvalue weighted by Crippen LogP contribution is 2.41. The van der Waals surface area contributed by atoms with Gasteiger partial charge in [-0.3, -0.25) is 0 Å². The van der Waals surface area contributed by atoms with Crippen molar-refractivity contribution in [1.82, 2.24) is 0 Å². The van der Waals surface area contributed by atoms with Gasteiger partial charge in [0.15, 0.2) is 11.2 Å². The number of rotatable bonds is 4. The summed E-state index contributed by atoms with van der Waals surface area (Å²) in [4.78, 5) is 0. The summed E-state index contributed by atoms with van der Waals surface area (Å²) in [6.07, 6.45) is -9.75. The van der Waals surface area contributed by atoms with E-state index in [0.29, 0.717) is 25.0 Å². The van der Waals surface area contributed by atoms with Crippen molar-refractivity contribution >= 4 is 0 Å². The largest absolute Gasteiger partial charge is 0.421 e. The Bertz CT molecular complexity index is 822. The number of hydrogen-bond acceptors (Lipinski definition) is 2. The molecule has 2 unspecified atom stereocenters. The minimum absolute atomic E-state index is 0.0302. The Morgan fingerprint density at radius 1 is 0.655 bits per heavy atom. The zero-order chi connectivity index (χ0) is 22.4. The van der Waals surface area contributed by atoms with E-state index in [1.807, 2.05) is 0 Å². The number of halogens is 6. The number of alkyl halides is 6. The van der Waals surface area contributed by atoms with E-state index < -0.39 is 23.6 Å². The highest BCUT2D eigenvalue weighted by molar-refractivity contribution is 5.41. The molecular formula is C21H22F6O2. The summed E-state index contributed by atoms with van der Waals surface area (Å²) in [6, 6.07) is 8.34. The lowest BCUT2D eigenvalue weighted by atomic mass is 9.87. The quantitative estimate of drug-likeness (QED) is 0.648. The fraction of sp³-hybridized carbons (Fsp3) is 0.429. The summed E-state index contributed by atoms with van der Waals surface area (Å²) in [6.45, 7) is 4.18. The number of hydrogen-bond donors (Lipinski definition) is 2. The van der Waals surface area contributed by atoms with E-state index in [9.17, 15) is 36.6 Å². The van der Waals surface area contributed by atoms with Gasteiger partial charge in [0.25, 0.3) is 0 Å². The van der Waals surface area contributed by atoms with Gasteiger partial charge in [-0.15, -0.1) is 0 Å². The second-order valence-corrected chi connectivity index (χ2v) is 7.62. The third-order valence-corrected chi connectivity index (χ3v) is 5.17. The van der Waals surface area contributed by atoms with Gasteiger partial charge in [0.2, 0.25) is 0 Å². The Morgan fingerprint density at radius 2 is 0.966 bits per heavy atom. The molecule has 160 valence electrons. The highest BCUT2D eigenvalue weighted by atomic mass is 19.4. The maximum Gasteiger partial charge on any atom is 0.421 e. The second kappa shape index (κ2) is 7.32. The molecule has 0 aliphatic heterocycles. The van der Waals surface area contributed by atoms with Gasteiger partial charge in [0, 0.05) is 0 Å². The van der Waals surface area contributed by atoms with E-state index in [-0.39, 0.29) is 28.7 Å². The molecule has 0 bridgehead atoms. The standard InChI is InChI=1S/C21H22F6O2/c1-12-5-7-14(10-16(12)18(3,28)20(22,23)24)9-15-8-6-13(2)17(11-15)19(4,29)21(25,26)27/h5-8,10-11,28-29H,9H2,1-4H3. The molecule has 0 heterocycles. The summed E-state index contributed by atoms with van der Waals surface area (Å²) >= 11 is 0. The normalized spacial score (nSPS) is 17.0. The Labute approximate surface area is 164 Å². The predicted octanol–water partition coefficient (Wildman–Crippen LogP) is 5.43. The smallest absolute Gasteiger partial charge is 0.376 e. The average molecular weight is 420 g/mol. The first-order chi connectivity index (χ1) is 13.0. The SMILES string of the molecule is Cc1ccc(Cc2ccc(C)c(C(C)(O)C(F)(F)F)c2)cc1C(C)(O)C(F)(F)F. The number of aliphatic hydroxyl groups is 2. The van der Waals surface area contributed by atoms with Gasteiger partial charge >= 0.3 is 12.4 Å². The number of aryl methyl sites for hydroxylation is 2. The van der Waals surface area contributed by atoms with Crippen molar-refractivity contribution in [1.29, 1.82) is 0 Å². The Hall–Kier alpha value is -2.06. The first-order valence-corrected chi connectivity index (χ1v) is 8.76. The first kappa shape index (κ1) is 23.2. The molecule has 2 atom stereocenters. The molecule has 0 saturated carbocycles. The van der Waals surface area contributed by atoms with Gasteiger partial charge in [-0.05, 0) is 67.5 Å². The monoisotopic (exact) mass is 420 g/mol. The van der Waals surface area contributed by atoms with Crippen LogP contribution < -0.4 is 0 Å². The van der Waals surface area contributed by atoms with Gasteiger partial charge in [-0.2, -0.15) is 26.3 Å². The second-order valence-electron chi connectivity index (χ2n) is 7.62. The van der Waals surface area contributed by atoms with Crippen molar-refractivity contribution in [2.75, 3.05) is 0 Å². The Kier molecular flexibility index (Phi) is 5.86. The van der Waals surface area contributed by atoms with Crippen LogP contribution in [0.3, 0.4) is 0 Å². The van der Waals surface area contributed by atoms with Crippen LogP contribution in [0.5, 0.6) is 0 Å². The fourth-order valence-electron chi connectivity index (χ4n) is 3.15. The molecule has 8 heteroatoms. The van der Waals surface area contributed by atoms with Crippen LogP contribution in [0.1, 0.15) is 47.2 Å². The molecule has 29 heavy (non-hydrogen) atoms. The minimum Gasteiger partial charge on any atom is -0.376 e. The van der Waals surface area contributed by atoms with E-state index in [0.717, 1.165) is 0 Å². The van der Waals surface area contributed by atoms with E-state index in [1.54, 1.807) is 12.1 Å². The predicted molar refractivity (Wildman–Crippen MR) is 96.4 cm³/mol. The topological polar surface area (TPSA) is 40.5 Å². The van der Waals surface area contributed by atoms with Crippen LogP contribution >= 0.6 is 0 Å². The third kappa shape index (κ3) is 4.43. The summed E-state index contributed by atoms with van der Waals surface area (Å²) in [5.41, 5.74) is -5.53. The van der Waals surface area contributed by atoms with Crippen molar-refractivity contribution in [2.24, 2.45) is 0 Å². The molecular weight excluding hydrogens is 398 g/mol. The van der Waals surface area contributed by atoms with Crippen LogP contribution in [-0.2, 0) is 17.6 Å². The number of benzene rings is 2. The molecule has 0 aromatic heterocycles. The van der Waals surface area contributed by atoms with E-state index in [2.05, 4.69) is 0 Å². The van der Waals surface area contributed by atoms with Crippen LogP contribution in [-0.4, -0.2) is 22.6 Å². The molecule has 0 fully saturated rings. The molecule has 2 aromatic carbocycles. The van der Waals surface area contributed by atoms with Crippen LogP contribution in [0.25, 0.3) is 0 Å². The van der Waals surface area contributed by atoms with Crippen LogP contribution in [0.4, 0.5) is 26.3 Å². The summed E-state index contributed by atoms with van der Waals surface area (Å²) in [5.74, 6) is 0. The lowest BCUT2D eigenvalue weighted by Crippen LogP contribution is -2.40. The van der Waals surface area contributed by atoms with Crippen molar-refractivity contribution in [3.05, 3.63) is 69.8 Å². The molecule has 0 aliphatic carbocycles. The van der Waals surface area contributed by atoms with E-state index >= 15 is 0 Å². The van der Waals surface area contributed by atoms with E-state index in [4.69, 9.17) is 0 Å².